The highest BCUT2D eigenvalue weighted by Crippen LogP contribution is 2.14. The SMILES string of the molecule is CN=C(NCCCOCC1CCOCC1)NCCc1ccc(OC)cc1. The molecular weight excluding hydrogens is 330 g/mol. The minimum Gasteiger partial charge on any atom is -0.497 e. The van der Waals surface area contributed by atoms with Gasteiger partial charge < -0.3 is 24.8 Å². The first-order valence-corrected chi connectivity index (χ1v) is 9.54. The smallest absolute Gasteiger partial charge is 0.190 e. The monoisotopic (exact) mass is 363 g/mol. The second-order valence-electron chi connectivity index (χ2n) is 6.51. The Labute approximate surface area is 157 Å². The number of benzene rings is 1. The zero-order valence-corrected chi connectivity index (χ0v) is 16.1. The van der Waals surface area contributed by atoms with Crippen LogP contribution in [0.2, 0.25) is 0 Å². The van der Waals surface area contributed by atoms with Gasteiger partial charge in [0, 0.05) is 46.6 Å². The summed E-state index contributed by atoms with van der Waals surface area (Å²) in [6.07, 6.45) is 4.17. The van der Waals surface area contributed by atoms with Crippen LogP contribution in [0.1, 0.15) is 24.8 Å². The van der Waals surface area contributed by atoms with Crippen molar-refractivity contribution in [2.24, 2.45) is 10.9 Å². The number of guanidine groups is 1. The molecule has 1 aromatic rings. The lowest BCUT2D eigenvalue weighted by Crippen LogP contribution is -2.39. The van der Waals surface area contributed by atoms with Gasteiger partial charge >= 0.3 is 0 Å². The molecule has 0 saturated carbocycles. The molecule has 146 valence electrons. The van der Waals surface area contributed by atoms with Crippen molar-refractivity contribution in [3.63, 3.8) is 0 Å². The van der Waals surface area contributed by atoms with Crippen molar-refractivity contribution >= 4 is 5.96 Å². The fourth-order valence-electron chi connectivity index (χ4n) is 2.88. The maximum atomic E-state index is 5.78. The molecule has 1 fully saturated rings. The van der Waals surface area contributed by atoms with Crippen LogP contribution in [0.4, 0.5) is 0 Å². The molecule has 0 aliphatic carbocycles. The number of nitrogens with zero attached hydrogens (tertiary/aromatic N) is 1. The molecule has 2 N–H and O–H groups in total. The normalized spacial score (nSPS) is 15.7. The third kappa shape index (κ3) is 8.06. The first kappa shape index (κ1) is 20.5. The van der Waals surface area contributed by atoms with Gasteiger partial charge in [0.15, 0.2) is 5.96 Å². The molecule has 0 aromatic heterocycles. The highest BCUT2D eigenvalue weighted by Gasteiger charge is 2.13. The van der Waals surface area contributed by atoms with Crippen molar-refractivity contribution in [3.05, 3.63) is 29.8 Å². The summed E-state index contributed by atoms with van der Waals surface area (Å²) in [7, 11) is 3.48. The van der Waals surface area contributed by atoms with Crippen LogP contribution in [-0.4, -0.2) is 59.6 Å². The van der Waals surface area contributed by atoms with Crippen molar-refractivity contribution in [1.82, 2.24) is 10.6 Å². The molecule has 1 aliphatic rings. The Morgan fingerprint density at radius 1 is 1.15 bits per heavy atom. The zero-order valence-electron chi connectivity index (χ0n) is 16.1. The molecule has 0 radical (unpaired) electrons. The number of hydrogen-bond acceptors (Lipinski definition) is 4. The number of nitrogens with one attached hydrogen (secondary N) is 2. The number of hydrogen-bond donors (Lipinski definition) is 2. The summed E-state index contributed by atoms with van der Waals surface area (Å²) >= 11 is 0. The van der Waals surface area contributed by atoms with Crippen LogP contribution in [-0.2, 0) is 15.9 Å². The molecule has 0 spiro atoms. The third-order valence-corrected chi connectivity index (χ3v) is 4.54. The van der Waals surface area contributed by atoms with Crippen LogP contribution in [0.15, 0.2) is 29.3 Å². The van der Waals surface area contributed by atoms with Gasteiger partial charge in [-0.05, 0) is 49.3 Å². The van der Waals surface area contributed by atoms with Gasteiger partial charge in [-0.2, -0.15) is 0 Å². The second kappa shape index (κ2) is 12.5. The molecule has 1 aliphatic heterocycles. The molecule has 2 rings (SSSR count). The van der Waals surface area contributed by atoms with E-state index in [0.717, 1.165) is 76.9 Å². The van der Waals surface area contributed by atoms with Gasteiger partial charge in [-0.3, -0.25) is 4.99 Å². The maximum Gasteiger partial charge on any atom is 0.190 e. The summed E-state index contributed by atoms with van der Waals surface area (Å²) in [6.45, 7) is 5.11. The Kier molecular flexibility index (Phi) is 9.90. The van der Waals surface area contributed by atoms with E-state index in [1.807, 2.05) is 12.1 Å². The third-order valence-electron chi connectivity index (χ3n) is 4.54. The Morgan fingerprint density at radius 3 is 2.58 bits per heavy atom. The van der Waals surface area contributed by atoms with Gasteiger partial charge in [0.1, 0.15) is 5.75 Å². The van der Waals surface area contributed by atoms with Gasteiger partial charge in [-0.15, -0.1) is 0 Å². The van der Waals surface area contributed by atoms with Gasteiger partial charge in [0.2, 0.25) is 0 Å². The Morgan fingerprint density at radius 2 is 1.88 bits per heavy atom. The van der Waals surface area contributed by atoms with Crippen LogP contribution < -0.4 is 15.4 Å². The molecule has 1 saturated heterocycles. The molecular formula is C20H33N3O3. The van der Waals surface area contributed by atoms with Crippen LogP contribution in [0.3, 0.4) is 0 Å². The minimum absolute atomic E-state index is 0.670. The number of aliphatic imine (C=N–C) groups is 1. The van der Waals surface area contributed by atoms with E-state index < -0.39 is 0 Å². The summed E-state index contributed by atoms with van der Waals surface area (Å²) in [5, 5.41) is 6.67. The lowest BCUT2D eigenvalue weighted by Gasteiger charge is -2.21. The fourth-order valence-corrected chi connectivity index (χ4v) is 2.88. The number of methoxy groups -OCH3 is 1. The average Bonchev–Trinajstić information content (AvgIpc) is 2.70. The molecule has 0 unspecified atom stereocenters. The van der Waals surface area contributed by atoms with Gasteiger partial charge in [0.25, 0.3) is 0 Å². The molecule has 0 bridgehead atoms. The van der Waals surface area contributed by atoms with E-state index in [4.69, 9.17) is 14.2 Å². The first-order valence-electron chi connectivity index (χ1n) is 9.54. The first-order chi connectivity index (χ1) is 12.8. The van der Waals surface area contributed by atoms with Crippen molar-refractivity contribution < 1.29 is 14.2 Å². The van der Waals surface area contributed by atoms with E-state index in [9.17, 15) is 0 Å². The predicted molar refractivity (Wildman–Crippen MR) is 105 cm³/mol. The molecule has 0 amide bonds. The second-order valence-corrected chi connectivity index (χ2v) is 6.51. The number of rotatable bonds is 10. The van der Waals surface area contributed by atoms with Crippen molar-refractivity contribution in [2.75, 3.05) is 53.7 Å². The van der Waals surface area contributed by atoms with E-state index in [1.165, 1.54) is 5.56 Å². The highest BCUT2D eigenvalue weighted by molar-refractivity contribution is 5.79. The van der Waals surface area contributed by atoms with E-state index in [0.29, 0.717) is 5.92 Å². The minimum atomic E-state index is 0.670. The van der Waals surface area contributed by atoms with Crippen molar-refractivity contribution in [3.8, 4) is 5.75 Å². The largest absolute Gasteiger partial charge is 0.497 e. The standard InChI is InChI=1S/C20H33N3O3/c1-21-20(23-12-8-17-4-6-19(24-2)7-5-17)22-11-3-13-26-16-18-9-14-25-15-10-18/h4-7,18H,3,8-16H2,1-2H3,(H2,21,22,23). The number of ether oxygens (including phenoxy) is 3. The lowest BCUT2D eigenvalue weighted by atomic mass is 10.0. The molecule has 1 heterocycles. The van der Waals surface area contributed by atoms with Gasteiger partial charge in [-0.1, -0.05) is 12.1 Å². The molecule has 6 nitrogen and oxygen atoms in total. The van der Waals surface area contributed by atoms with Gasteiger partial charge in [0.05, 0.1) is 7.11 Å². The quantitative estimate of drug-likeness (QED) is 0.379. The highest BCUT2D eigenvalue weighted by atomic mass is 16.5. The van der Waals surface area contributed by atoms with Gasteiger partial charge in [-0.25, -0.2) is 0 Å². The topological polar surface area (TPSA) is 64.1 Å². The summed E-state index contributed by atoms with van der Waals surface area (Å²) in [6, 6.07) is 8.16. The molecule has 26 heavy (non-hydrogen) atoms. The Balaban J connectivity index is 1.50. The molecule has 1 aromatic carbocycles. The summed E-state index contributed by atoms with van der Waals surface area (Å²) in [4.78, 5) is 4.26. The zero-order chi connectivity index (χ0) is 18.5. The van der Waals surface area contributed by atoms with Crippen molar-refractivity contribution in [1.29, 1.82) is 0 Å². The summed E-state index contributed by atoms with van der Waals surface area (Å²) in [5.74, 6) is 2.39. The van der Waals surface area contributed by atoms with E-state index in [-0.39, 0.29) is 0 Å². The van der Waals surface area contributed by atoms with E-state index >= 15 is 0 Å². The van der Waals surface area contributed by atoms with Crippen LogP contribution >= 0.6 is 0 Å². The van der Waals surface area contributed by atoms with Crippen LogP contribution in [0, 0.1) is 5.92 Å². The van der Waals surface area contributed by atoms with Crippen LogP contribution in [0.5, 0.6) is 5.75 Å². The summed E-state index contributed by atoms with van der Waals surface area (Å²) in [5.41, 5.74) is 1.27. The van der Waals surface area contributed by atoms with E-state index in [2.05, 4.69) is 27.8 Å². The summed E-state index contributed by atoms with van der Waals surface area (Å²) < 4.78 is 16.3. The molecule has 0 atom stereocenters. The maximum absolute atomic E-state index is 5.78. The Hall–Kier alpha value is -1.79. The van der Waals surface area contributed by atoms with Crippen molar-refractivity contribution in [2.45, 2.75) is 25.7 Å². The van der Waals surface area contributed by atoms with Crippen LogP contribution in [0.25, 0.3) is 0 Å². The Bertz CT molecular complexity index is 514. The fraction of sp³-hybridized carbons (Fsp3) is 0.650. The van der Waals surface area contributed by atoms with E-state index in [1.54, 1.807) is 14.2 Å². The predicted octanol–water partition coefficient (Wildman–Crippen LogP) is 2.24. The average molecular weight is 364 g/mol. The molecule has 6 heteroatoms. The lowest BCUT2D eigenvalue weighted by molar-refractivity contribution is 0.0203.